The van der Waals surface area contributed by atoms with Gasteiger partial charge in [0, 0.05) is 58.3 Å². The minimum atomic E-state index is -0.426. The second-order valence-corrected chi connectivity index (χ2v) is 7.05. The maximum Gasteiger partial charge on any atom is 0.270 e. The SMILES string of the molecule is O=C(NCCN1CCOCC1)c1ccnc(N2CCC3(CC2)OCCO3)n1. The molecule has 0 radical (unpaired) electrons. The number of nitrogens with one attached hydrogen (secondary N) is 1. The molecule has 4 heterocycles. The third-order valence-corrected chi connectivity index (χ3v) is 5.31. The van der Waals surface area contributed by atoms with Crippen LogP contribution >= 0.6 is 0 Å². The van der Waals surface area contributed by atoms with Crippen LogP contribution in [-0.2, 0) is 14.2 Å². The zero-order valence-corrected chi connectivity index (χ0v) is 15.6. The number of amides is 1. The number of rotatable bonds is 5. The molecule has 0 atom stereocenters. The van der Waals surface area contributed by atoms with Gasteiger partial charge in [0.05, 0.1) is 26.4 Å². The van der Waals surface area contributed by atoms with E-state index in [1.807, 2.05) is 0 Å². The third kappa shape index (κ3) is 4.55. The maximum absolute atomic E-state index is 12.4. The van der Waals surface area contributed by atoms with Crippen molar-refractivity contribution in [3.63, 3.8) is 0 Å². The molecule has 0 aliphatic carbocycles. The number of piperidine rings is 1. The highest BCUT2D eigenvalue weighted by Gasteiger charge is 2.40. The zero-order chi connectivity index (χ0) is 18.5. The van der Waals surface area contributed by atoms with Gasteiger partial charge in [-0.25, -0.2) is 9.97 Å². The normalized spacial score (nSPS) is 22.9. The fourth-order valence-electron chi connectivity index (χ4n) is 3.70. The molecule has 3 aliphatic heterocycles. The standard InChI is InChI=1S/C18H27N5O4/c24-16(19-5-8-22-9-11-25-12-10-22)15-1-4-20-17(21-15)23-6-2-18(3-7-23)26-13-14-27-18/h1,4H,2-3,5-14H2,(H,19,24). The van der Waals surface area contributed by atoms with Crippen LogP contribution in [0.5, 0.6) is 0 Å². The van der Waals surface area contributed by atoms with Crippen LogP contribution in [-0.4, -0.2) is 92.3 Å². The summed E-state index contributed by atoms with van der Waals surface area (Å²) in [6, 6.07) is 1.65. The molecule has 1 N–H and O–H groups in total. The molecule has 1 aromatic heterocycles. The first-order valence-electron chi connectivity index (χ1n) is 9.68. The molecule has 9 nitrogen and oxygen atoms in total. The van der Waals surface area contributed by atoms with Gasteiger partial charge in [-0.05, 0) is 6.07 Å². The largest absolute Gasteiger partial charge is 0.379 e. The first kappa shape index (κ1) is 18.5. The molecular weight excluding hydrogens is 350 g/mol. The van der Waals surface area contributed by atoms with Crippen molar-refractivity contribution in [1.29, 1.82) is 0 Å². The van der Waals surface area contributed by atoms with Crippen LogP contribution in [0.2, 0.25) is 0 Å². The molecule has 0 aromatic carbocycles. The van der Waals surface area contributed by atoms with Gasteiger partial charge in [-0.1, -0.05) is 0 Å². The lowest BCUT2D eigenvalue weighted by molar-refractivity contribution is -0.169. The van der Waals surface area contributed by atoms with Crippen molar-refractivity contribution in [2.24, 2.45) is 0 Å². The lowest BCUT2D eigenvalue weighted by Crippen LogP contribution is -2.45. The van der Waals surface area contributed by atoms with E-state index < -0.39 is 5.79 Å². The summed E-state index contributed by atoms with van der Waals surface area (Å²) in [5.74, 6) is -0.00291. The van der Waals surface area contributed by atoms with Gasteiger partial charge in [-0.3, -0.25) is 9.69 Å². The summed E-state index contributed by atoms with van der Waals surface area (Å²) >= 11 is 0. The van der Waals surface area contributed by atoms with Crippen molar-refractivity contribution in [2.75, 3.05) is 70.6 Å². The summed E-state index contributed by atoms with van der Waals surface area (Å²) in [5, 5.41) is 2.95. The van der Waals surface area contributed by atoms with Crippen LogP contribution in [0.3, 0.4) is 0 Å². The molecule has 3 saturated heterocycles. The Morgan fingerprint density at radius 3 is 2.59 bits per heavy atom. The molecule has 3 aliphatic rings. The van der Waals surface area contributed by atoms with Gasteiger partial charge in [0.1, 0.15) is 5.69 Å². The molecular formula is C18H27N5O4. The fourth-order valence-corrected chi connectivity index (χ4v) is 3.70. The van der Waals surface area contributed by atoms with E-state index in [0.29, 0.717) is 31.4 Å². The van der Waals surface area contributed by atoms with Gasteiger partial charge in [0.2, 0.25) is 5.95 Å². The second kappa shape index (κ2) is 8.47. The number of morpholine rings is 1. The van der Waals surface area contributed by atoms with Gasteiger partial charge in [-0.2, -0.15) is 0 Å². The van der Waals surface area contributed by atoms with Crippen molar-refractivity contribution in [1.82, 2.24) is 20.2 Å². The molecule has 0 bridgehead atoms. The molecule has 1 aromatic rings. The highest BCUT2D eigenvalue weighted by Crippen LogP contribution is 2.32. The Kier molecular flexibility index (Phi) is 5.82. The fraction of sp³-hybridized carbons (Fsp3) is 0.722. The minimum Gasteiger partial charge on any atom is -0.379 e. The summed E-state index contributed by atoms with van der Waals surface area (Å²) in [4.78, 5) is 25.6. The van der Waals surface area contributed by atoms with E-state index in [1.54, 1.807) is 12.3 Å². The van der Waals surface area contributed by atoms with Crippen molar-refractivity contribution >= 4 is 11.9 Å². The smallest absolute Gasteiger partial charge is 0.270 e. The molecule has 148 valence electrons. The van der Waals surface area contributed by atoms with Crippen molar-refractivity contribution < 1.29 is 19.0 Å². The number of carbonyl (C=O) groups excluding carboxylic acids is 1. The molecule has 27 heavy (non-hydrogen) atoms. The maximum atomic E-state index is 12.4. The monoisotopic (exact) mass is 377 g/mol. The minimum absolute atomic E-state index is 0.164. The first-order valence-corrected chi connectivity index (χ1v) is 9.68. The Morgan fingerprint density at radius 1 is 1.11 bits per heavy atom. The molecule has 9 heteroatoms. The van der Waals surface area contributed by atoms with Crippen molar-refractivity contribution in [3.8, 4) is 0 Å². The van der Waals surface area contributed by atoms with Crippen LogP contribution in [0.1, 0.15) is 23.3 Å². The van der Waals surface area contributed by atoms with Gasteiger partial charge in [0.15, 0.2) is 5.79 Å². The summed E-state index contributed by atoms with van der Waals surface area (Å²) in [6.45, 7) is 7.60. The quantitative estimate of drug-likeness (QED) is 0.760. The Balaban J connectivity index is 1.28. The van der Waals surface area contributed by atoms with Crippen LogP contribution < -0.4 is 10.2 Å². The van der Waals surface area contributed by atoms with Gasteiger partial charge < -0.3 is 24.4 Å². The highest BCUT2D eigenvalue weighted by molar-refractivity contribution is 5.92. The number of hydrogen-bond donors (Lipinski definition) is 1. The third-order valence-electron chi connectivity index (χ3n) is 5.31. The molecule has 4 rings (SSSR count). The number of carbonyl (C=O) groups is 1. The van der Waals surface area contributed by atoms with E-state index in [1.165, 1.54) is 0 Å². The Labute approximate surface area is 159 Å². The van der Waals surface area contributed by atoms with Crippen molar-refractivity contribution in [3.05, 3.63) is 18.0 Å². The summed E-state index contributed by atoms with van der Waals surface area (Å²) in [5.41, 5.74) is 0.399. The van der Waals surface area contributed by atoms with Crippen LogP contribution in [0.15, 0.2) is 12.3 Å². The summed E-state index contributed by atoms with van der Waals surface area (Å²) in [6.07, 6.45) is 3.21. The van der Waals surface area contributed by atoms with E-state index in [2.05, 4.69) is 25.1 Å². The number of hydrogen-bond acceptors (Lipinski definition) is 8. The van der Waals surface area contributed by atoms with E-state index >= 15 is 0 Å². The summed E-state index contributed by atoms with van der Waals surface area (Å²) < 4.78 is 16.8. The number of nitrogens with zero attached hydrogens (tertiary/aromatic N) is 4. The summed E-state index contributed by atoms with van der Waals surface area (Å²) in [7, 11) is 0. The number of ether oxygens (including phenoxy) is 3. The average Bonchev–Trinajstić information content (AvgIpc) is 3.17. The molecule has 1 amide bonds. The Morgan fingerprint density at radius 2 is 1.85 bits per heavy atom. The Bertz CT molecular complexity index is 636. The van der Waals surface area contributed by atoms with E-state index in [9.17, 15) is 4.79 Å². The second-order valence-electron chi connectivity index (χ2n) is 7.05. The average molecular weight is 377 g/mol. The first-order chi connectivity index (χ1) is 13.2. The number of aromatic nitrogens is 2. The zero-order valence-electron chi connectivity index (χ0n) is 15.6. The van der Waals surface area contributed by atoms with Crippen LogP contribution in [0, 0.1) is 0 Å². The molecule has 1 spiro atoms. The predicted octanol–water partition coefficient (Wildman–Crippen LogP) is -0.118. The van der Waals surface area contributed by atoms with Gasteiger partial charge in [0.25, 0.3) is 5.91 Å². The molecule has 3 fully saturated rings. The van der Waals surface area contributed by atoms with Gasteiger partial charge >= 0.3 is 0 Å². The van der Waals surface area contributed by atoms with Gasteiger partial charge in [-0.15, -0.1) is 0 Å². The predicted molar refractivity (Wildman–Crippen MR) is 97.7 cm³/mol. The highest BCUT2D eigenvalue weighted by atomic mass is 16.7. The van der Waals surface area contributed by atoms with Crippen molar-refractivity contribution in [2.45, 2.75) is 18.6 Å². The topological polar surface area (TPSA) is 89.1 Å². The lowest BCUT2D eigenvalue weighted by Gasteiger charge is -2.37. The molecule has 0 unspecified atom stereocenters. The van der Waals surface area contributed by atoms with E-state index in [0.717, 1.165) is 58.8 Å². The molecule has 0 saturated carbocycles. The number of anilines is 1. The lowest BCUT2D eigenvalue weighted by atomic mass is 10.0. The van der Waals surface area contributed by atoms with E-state index in [-0.39, 0.29) is 5.91 Å². The van der Waals surface area contributed by atoms with E-state index in [4.69, 9.17) is 14.2 Å². The van der Waals surface area contributed by atoms with Crippen LogP contribution in [0.4, 0.5) is 5.95 Å². The Hall–Kier alpha value is -1.81. The van der Waals surface area contributed by atoms with Crippen LogP contribution in [0.25, 0.3) is 0 Å².